The molecule has 1 aromatic carbocycles. The van der Waals surface area contributed by atoms with E-state index in [4.69, 9.17) is 4.74 Å². The molecule has 3 nitrogen and oxygen atoms in total. The second kappa shape index (κ2) is 7.15. The number of aromatic nitrogens is 1. The van der Waals surface area contributed by atoms with Gasteiger partial charge in [-0.05, 0) is 54.7 Å². The van der Waals surface area contributed by atoms with Gasteiger partial charge in [0.1, 0.15) is 12.0 Å². The van der Waals surface area contributed by atoms with Crippen molar-refractivity contribution in [3.8, 4) is 5.75 Å². The van der Waals surface area contributed by atoms with Crippen LogP contribution in [0.1, 0.15) is 34.4 Å². The molecule has 0 unspecified atom stereocenters. The monoisotopic (exact) mass is 359 g/mol. The first-order chi connectivity index (χ1) is 12.4. The van der Waals surface area contributed by atoms with E-state index in [-0.39, 0.29) is 5.57 Å². The number of benzene rings is 1. The molecule has 0 saturated carbocycles. The van der Waals surface area contributed by atoms with Crippen molar-refractivity contribution in [2.45, 2.75) is 25.9 Å². The predicted octanol–water partition coefficient (Wildman–Crippen LogP) is 4.99. The molecule has 0 aliphatic heterocycles. The number of hydrogen-bond donors (Lipinski definition) is 0. The van der Waals surface area contributed by atoms with Gasteiger partial charge in [-0.3, -0.25) is 9.78 Å². The smallest absolute Gasteiger partial charge is 0.418 e. The third kappa shape index (κ3) is 3.54. The molecule has 0 spiro atoms. The lowest BCUT2D eigenvalue weighted by molar-refractivity contribution is -0.138. The van der Waals surface area contributed by atoms with Crippen LogP contribution in [-0.2, 0) is 17.4 Å². The summed E-state index contributed by atoms with van der Waals surface area (Å²) in [7, 11) is 0. The van der Waals surface area contributed by atoms with Gasteiger partial charge < -0.3 is 4.74 Å². The molecule has 134 valence electrons. The number of fused-ring (bicyclic) bond motifs is 1. The number of hydrogen-bond acceptors (Lipinski definition) is 3. The lowest BCUT2D eigenvalue weighted by Crippen LogP contribution is -2.11. The summed E-state index contributed by atoms with van der Waals surface area (Å²) in [4.78, 5) is 15.1. The number of aryl methyl sites for hydroxylation is 1. The molecule has 0 bridgehead atoms. The Labute approximate surface area is 148 Å². The topological polar surface area (TPSA) is 39.2 Å². The molecule has 6 heteroatoms. The largest absolute Gasteiger partial charge is 0.464 e. The van der Waals surface area contributed by atoms with E-state index in [2.05, 4.69) is 11.1 Å². The van der Waals surface area contributed by atoms with Crippen LogP contribution >= 0.6 is 0 Å². The fourth-order valence-electron chi connectivity index (χ4n) is 2.91. The first-order valence-corrected chi connectivity index (χ1v) is 8.05. The Morgan fingerprint density at radius 2 is 2.08 bits per heavy atom. The van der Waals surface area contributed by atoms with Gasteiger partial charge in [0, 0.05) is 6.20 Å². The van der Waals surface area contributed by atoms with Gasteiger partial charge in [-0.1, -0.05) is 18.2 Å². The third-order valence-electron chi connectivity index (χ3n) is 4.25. The number of carbonyl (C=O) groups excluding carboxylic acids is 1. The molecule has 2 aromatic rings. The summed E-state index contributed by atoms with van der Waals surface area (Å²) in [6.07, 6.45) is 3.90. The minimum atomic E-state index is -4.61. The Morgan fingerprint density at radius 1 is 1.27 bits per heavy atom. The van der Waals surface area contributed by atoms with Crippen molar-refractivity contribution in [3.63, 3.8) is 0 Å². The van der Waals surface area contributed by atoms with Crippen LogP contribution in [0.25, 0.3) is 11.6 Å². The molecule has 1 aromatic heterocycles. The van der Waals surface area contributed by atoms with Gasteiger partial charge in [-0.2, -0.15) is 13.2 Å². The average Bonchev–Trinajstić information content (AvgIpc) is 2.63. The fourth-order valence-corrected chi connectivity index (χ4v) is 2.91. The van der Waals surface area contributed by atoms with E-state index in [0.717, 1.165) is 36.3 Å². The van der Waals surface area contributed by atoms with Gasteiger partial charge in [0.05, 0.1) is 16.8 Å². The molecule has 26 heavy (non-hydrogen) atoms. The Bertz CT molecular complexity index is 898. The quantitative estimate of drug-likeness (QED) is 0.439. The van der Waals surface area contributed by atoms with Crippen molar-refractivity contribution in [3.05, 3.63) is 70.7 Å². The van der Waals surface area contributed by atoms with Crippen molar-refractivity contribution in [1.29, 1.82) is 0 Å². The second-order valence-corrected chi connectivity index (χ2v) is 5.91. The molecule has 0 amide bonds. The number of carbonyl (C=O) groups is 1. The van der Waals surface area contributed by atoms with Crippen molar-refractivity contribution >= 4 is 17.9 Å². The third-order valence-corrected chi connectivity index (χ3v) is 4.25. The Morgan fingerprint density at radius 3 is 2.81 bits per heavy atom. The Kier molecular flexibility index (Phi) is 4.93. The maximum Gasteiger partial charge on any atom is 0.418 e. The lowest BCUT2D eigenvalue weighted by atomic mass is 9.93. The van der Waals surface area contributed by atoms with Crippen LogP contribution in [0.2, 0.25) is 0 Å². The van der Waals surface area contributed by atoms with E-state index in [1.54, 1.807) is 6.07 Å². The number of alkyl halides is 3. The van der Waals surface area contributed by atoms with E-state index in [1.807, 2.05) is 19.1 Å². The maximum absolute atomic E-state index is 13.1. The van der Waals surface area contributed by atoms with Gasteiger partial charge in [-0.15, -0.1) is 0 Å². The summed E-state index contributed by atoms with van der Waals surface area (Å²) in [6.45, 7) is 1.88. The zero-order valence-electron chi connectivity index (χ0n) is 14.0. The summed E-state index contributed by atoms with van der Waals surface area (Å²) in [5, 5.41) is 0. The SMILES string of the molecule is Cc1c(O/C=C(\C=O)c2ncccc2C(F)(F)F)ccc2c1C=CCC2. The number of ether oxygens (including phenoxy) is 1. The van der Waals surface area contributed by atoms with Gasteiger partial charge >= 0.3 is 6.18 Å². The highest BCUT2D eigenvalue weighted by Crippen LogP contribution is 2.34. The van der Waals surface area contributed by atoms with Crippen molar-refractivity contribution < 1.29 is 22.7 Å². The number of halogens is 3. The number of allylic oxidation sites excluding steroid dienone is 2. The van der Waals surface area contributed by atoms with E-state index in [9.17, 15) is 18.0 Å². The highest BCUT2D eigenvalue weighted by Gasteiger charge is 2.34. The fraction of sp³-hybridized carbons (Fsp3) is 0.200. The summed E-state index contributed by atoms with van der Waals surface area (Å²) < 4.78 is 44.9. The molecule has 0 N–H and O–H groups in total. The molecule has 1 aliphatic carbocycles. The summed E-state index contributed by atoms with van der Waals surface area (Å²) >= 11 is 0. The minimum absolute atomic E-state index is 0.273. The Balaban J connectivity index is 1.96. The number of pyridine rings is 1. The van der Waals surface area contributed by atoms with Gasteiger partial charge in [-0.25, -0.2) is 0 Å². The molecule has 1 aliphatic rings. The van der Waals surface area contributed by atoms with Gasteiger partial charge in [0.15, 0.2) is 6.29 Å². The molecule has 0 fully saturated rings. The first kappa shape index (κ1) is 17.9. The number of aldehydes is 1. The van der Waals surface area contributed by atoms with Crippen LogP contribution in [0.3, 0.4) is 0 Å². The zero-order chi connectivity index (χ0) is 18.7. The average molecular weight is 359 g/mol. The summed E-state index contributed by atoms with van der Waals surface area (Å²) in [6, 6.07) is 5.75. The highest BCUT2D eigenvalue weighted by atomic mass is 19.4. The van der Waals surface area contributed by atoms with Crippen LogP contribution in [0, 0.1) is 6.92 Å². The van der Waals surface area contributed by atoms with Gasteiger partial charge in [0.25, 0.3) is 0 Å². The van der Waals surface area contributed by atoms with Crippen LogP contribution < -0.4 is 4.74 Å². The van der Waals surface area contributed by atoms with Crippen molar-refractivity contribution in [1.82, 2.24) is 4.98 Å². The molecule has 0 atom stereocenters. The highest BCUT2D eigenvalue weighted by molar-refractivity contribution is 6.06. The summed E-state index contributed by atoms with van der Waals surface area (Å²) in [5.74, 6) is 0.485. The molecule has 1 heterocycles. The van der Waals surface area contributed by atoms with Crippen LogP contribution in [0.4, 0.5) is 13.2 Å². The molecule has 0 radical (unpaired) electrons. The Hall–Kier alpha value is -2.89. The maximum atomic E-state index is 13.1. The number of rotatable bonds is 4. The van der Waals surface area contributed by atoms with E-state index in [0.29, 0.717) is 12.0 Å². The van der Waals surface area contributed by atoms with Crippen LogP contribution in [0.5, 0.6) is 5.75 Å². The normalized spacial score (nSPS) is 14.1. The molecular weight excluding hydrogens is 343 g/mol. The molecular formula is C20H16F3NO2. The zero-order valence-corrected chi connectivity index (χ0v) is 14.0. The minimum Gasteiger partial charge on any atom is -0.464 e. The second-order valence-electron chi connectivity index (χ2n) is 5.91. The van der Waals surface area contributed by atoms with Crippen LogP contribution in [0.15, 0.2) is 42.8 Å². The van der Waals surface area contributed by atoms with E-state index < -0.39 is 17.4 Å². The molecule has 3 rings (SSSR count). The first-order valence-electron chi connectivity index (χ1n) is 8.05. The van der Waals surface area contributed by atoms with E-state index >= 15 is 0 Å². The van der Waals surface area contributed by atoms with Crippen LogP contribution in [-0.4, -0.2) is 11.3 Å². The van der Waals surface area contributed by atoms with Gasteiger partial charge in [0.2, 0.25) is 0 Å². The van der Waals surface area contributed by atoms with E-state index in [1.165, 1.54) is 17.8 Å². The van der Waals surface area contributed by atoms with Crippen molar-refractivity contribution in [2.75, 3.05) is 0 Å². The summed E-state index contributed by atoms with van der Waals surface area (Å²) in [5.41, 5.74) is 1.41. The van der Waals surface area contributed by atoms with Crippen molar-refractivity contribution in [2.24, 2.45) is 0 Å². The standard InChI is InChI=1S/C20H16F3NO2/c1-13-16-6-3-2-5-14(16)8-9-18(13)26-12-15(11-25)19-17(20(21,22)23)7-4-10-24-19/h3-4,6-12H,2,5H2,1H3/b15-12+. The predicted molar refractivity (Wildman–Crippen MR) is 92.4 cm³/mol. The number of nitrogens with zero attached hydrogens (tertiary/aromatic N) is 1. The molecule has 0 saturated heterocycles. The lowest BCUT2D eigenvalue weighted by Gasteiger charge is -2.16.